The predicted octanol–water partition coefficient (Wildman–Crippen LogP) is 3.73. The molecule has 0 unspecified atom stereocenters. The second-order valence-electron chi connectivity index (χ2n) is 6.06. The standard InChI is InChI=1S/C18H22N2O2S.CH4/c21-16-5-3-15(4-6-16)18(22)19-12-14-7-9-20(10-8-14)13-17-2-1-11-23-17;/h1-6,11,14,21H,7-10,12-13H2,(H,19,22);1H4. The summed E-state index contributed by atoms with van der Waals surface area (Å²) in [7, 11) is 0. The average molecular weight is 346 g/mol. The maximum atomic E-state index is 12.1. The van der Waals surface area contributed by atoms with Crippen molar-refractivity contribution in [2.45, 2.75) is 26.8 Å². The van der Waals surface area contributed by atoms with E-state index in [-0.39, 0.29) is 19.1 Å². The Bertz CT molecular complexity index is 617. The molecule has 0 radical (unpaired) electrons. The van der Waals surface area contributed by atoms with Gasteiger partial charge < -0.3 is 10.4 Å². The molecule has 1 fully saturated rings. The van der Waals surface area contributed by atoms with Crippen molar-refractivity contribution in [2.75, 3.05) is 19.6 Å². The topological polar surface area (TPSA) is 52.6 Å². The van der Waals surface area contributed by atoms with Crippen molar-refractivity contribution in [1.82, 2.24) is 10.2 Å². The molecule has 1 aliphatic rings. The maximum absolute atomic E-state index is 12.1. The number of nitrogens with zero attached hydrogens (tertiary/aromatic N) is 1. The van der Waals surface area contributed by atoms with Crippen molar-refractivity contribution in [1.29, 1.82) is 0 Å². The largest absolute Gasteiger partial charge is 0.508 e. The molecule has 1 amide bonds. The fourth-order valence-electron chi connectivity index (χ4n) is 2.92. The quantitative estimate of drug-likeness (QED) is 0.867. The number of amides is 1. The van der Waals surface area contributed by atoms with Crippen molar-refractivity contribution in [3.05, 3.63) is 52.2 Å². The van der Waals surface area contributed by atoms with E-state index in [1.54, 1.807) is 12.1 Å². The number of hydrogen-bond acceptors (Lipinski definition) is 4. The second-order valence-corrected chi connectivity index (χ2v) is 7.09. The average Bonchev–Trinajstić information content (AvgIpc) is 3.07. The van der Waals surface area contributed by atoms with E-state index in [2.05, 4.69) is 27.7 Å². The lowest BCUT2D eigenvalue weighted by Crippen LogP contribution is -2.38. The molecule has 0 aliphatic carbocycles. The molecule has 0 atom stereocenters. The van der Waals surface area contributed by atoms with Gasteiger partial charge in [0.1, 0.15) is 5.75 Å². The minimum absolute atomic E-state index is 0. The first-order valence-corrected chi connectivity index (χ1v) is 8.90. The van der Waals surface area contributed by atoms with E-state index >= 15 is 0 Å². The monoisotopic (exact) mass is 346 g/mol. The van der Waals surface area contributed by atoms with Gasteiger partial charge in [-0.1, -0.05) is 13.5 Å². The highest BCUT2D eigenvalue weighted by Crippen LogP contribution is 2.20. The van der Waals surface area contributed by atoms with Crippen molar-refractivity contribution in [3.63, 3.8) is 0 Å². The smallest absolute Gasteiger partial charge is 0.251 e. The molecule has 0 saturated carbocycles. The van der Waals surface area contributed by atoms with Crippen LogP contribution in [0, 0.1) is 5.92 Å². The lowest BCUT2D eigenvalue weighted by Gasteiger charge is -2.31. The third-order valence-electron chi connectivity index (χ3n) is 4.35. The fraction of sp³-hybridized carbons (Fsp3) is 0.421. The number of phenols is 1. The first kappa shape index (κ1) is 18.5. The number of benzene rings is 1. The van der Waals surface area contributed by atoms with Crippen LogP contribution in [0.15, 0.2) is 41.8 Å². The normalized spacial score (nSPS) is 15.7. The number of carbonyl (C=O) groups is 1. The molecule has 0 bridgehead atoms. The molecule has 1 aromatic heterocycles. The summed E-state index contributed by atoms with van der Waals surface area (Å²) in [6, 6.07) is 10.7. The van der Waals surface area contributed by atoms with E-state index in [1.807, 2.05) is 11.3 Å². The van der Waals surface area contributed by atoms with Gasteiger partial charge in [-0.05, 0) is 67.6 Å². The number of piperidine rings is 1. The van der Waals surface area contributed by atoms with Gasteiger partial charge in [0.25, 0.3) is 5.91 Å². The number of phenolic OH excluding ortho intramolecular Hbond substituents is 1. The Hall–Kier alpha value is -1.85. The van der Waals surface area contributed by atoms with Crippen LogP contribution in [0.2, 0.25) is 0 Å². The number of nitrogens with one attached hydrogen (secondary N) is 1. The fourth-order valence-corrected chi connectivity index (χ4v) is 3.67. The summed E-state index contributed by atoms with van der Waals surface area (Å²) in [5, 5.41) is 14.4. The molecule has 1 aromatic carbocycles. The Labute approximate surface area is 148 Å². The zero-order valence-electron chi connectivity index (χ0n) is 13.1. The van der Waals surface area contributed by atoms with Crippen LogP contribution < -0.4 is 5.32 Å². The number of hydrogen-bond donors (Lipinski definition) is 2. The Morgan fingerprint density at radius 2 is 1.92 bits per heavy atom. The van der Waals surface area contributed by atoms with Gasteiger partial charge in [-0.15, -0.1) is 11.3 Å². The van der Waals surface area contributed by atoms with E-state index in [1.165, 1.54) is 17.0 Å². The van der Waals surface area contributed by atoms with Crippen LogP contribution in [-0.2, 0) is 6.54 Å². The molecule has 1 saturated heterocycles. The third-order valence-corrected chi connectivity index (χ3v) is 5.21. The van der Waals surface area contributed by atoms with E-state index in [0.717, 1.165) is 39.0 Å². The predicted molar refractivity (Wildman–Crippen MR) is 99.5 cm³/mol. The zero-order valence-corrected chi connectivity index (χ0v) is 13.9. The Kier molecular flexibility index (Phi) is 6.82. The van der Waals surface area contributed by atoms with Gasteiger partial charge in [0.05, 0.1) is 0 Å². The van der Waals surface area contributed by atoms with Gasteiger partial charge in [0.15, 0.2) is 0 Å². The van der Waals surface area contributed by atoms with Crippen LogP contribution in [0.5, 0.6) is 5.75 Å². The van der Waals surface area contributed by atoms with Gasteiger partial charge in [-0.3, -0.25) is 9.69 Å². The van der Waals surface area contributed by atoms with Crippen molar-refractivity contribution in [2.24, 2.45) is 5.92 Å². The number of aromatic hydroxyl groups is 1. The van der Waals surface area contributed by atoms with Gasteiger partial charge >= 0.3 is 0 Å². The molecule has 5 heteroatoms. The minimum atomic E-state index is -0.0639. The Balaban J connectivity index is 0.00000208. The summed E-state index contributed by atoms with van der Waals surface area (Å²) in [4.78, 5) is 16.0. The van der Waals surface area contributed by atoms with Crippen LogP contribution >= 0.6 is 11.3 Å². The molecule has 130 valence electrons. The highest BCUT2D eigenvalue weighted by Gasteiger charge is 2.20. The summed E-state index contributed by atoms with van der Waals surface area (Å²) >= 11 is 1.81. The Morgan fingerprint density at radius 1 is 1.21 bits per heavy atom. The van der Waals surface area contributed by atoms with Crippen LogP contribution in [0.1, 0.15) is 35.5 Å². The molecular weight excluding hydrogens is 320 g/mol. The lowest BCUT2D eigenvalue weighted by molar-refractivity contribution is 0.0935. The molecule has 0 spiro atoms. The summed E-state index contributed by atoms with van der Waals surface area (Å²) in [6.07, 6.45) is 2.25. The summed E-state index contributed by atoms with van der Waals surface area (Å²) in [6.45, 7) is 3.96. The highest BCUT2D eigenvalue weighted by molar-refractivity contribution is 7.09. The van der Waals surface area contributed by atoms with Crippen molar-refractivity contribution < 1.29 is 9.90 Å². The van der Waals surface area contributed by atoms with Crippen LogP contribution in [0.25, 0.3) is 0 Å². The number of likely N-dealkylation sites (tertiary alicyclic amines) is 1. The molecule has 24 heavy (non-hydrogen) atoms. The molecule has 2 aromatic rings. The van der Waals surface area contributed by atoms with Gasteiger partial charge in [-0.2, -0.15) is 0 Å². The maximum Gasteiger partial charge on any atom is 0.251 e. The van der Waals surface area contributed by atoms with E-state index in [0.29, 0.717) is 11.5 Å². The highest BCUT2D eigenvalue weighted by atomic mass is 32.1. The van der Waals surface area contributed by atoms with Crippen LogP contribution in [-0.4, -0.2) is 35.5 Å². The Morgan fingerprint density at radius 3 is 2.54 bits per heavy atom. The number of carbonyl (C=O) groups excluding carboxylic acids is 1. The van der Waals surface area contributed by atoms with Gasteiger partial charge in [0, 0.05) is 23.5 Å². The lowest BCUT2D eigenvalue weighted by atomic mass is 9.96. The summed E-state index contributed by atoms with van der Waals surface area (Å²) in [5.41, 5.74) is 0.595. The molecule has 2 heterocycles. The van der Waals surface area contributed by atoms with E-state index in [9.17, 15) is 9.90 Å². The third kappa shape index (κ3) is 5.08. The molecule has 2 N–H and O–H groups in total. The molecular formula is C19H26N2O2S. The number of rotatable bonds is 5. The zero-order chi connectivity index (χ0) is 16.1. The molecule has 4 nitrogen and oxygen atoms in total. The van der Waals surface area contributed by atoms with Gasteiger partial charge in [-0.25, -0.2) is 0 Å². The van der Waals surface area contributed by atoms with E-state index < -0.39 is 0 Å². The number of thiophene rings is 1. The van der Waals surface area contributed by atoms with Crippen molar-refractivity contribution >= 4 is 17.2 Å². The minimum Gasteiger partial charge on any atom is -0.508 e. The van der Waals surface area contributed by atoms with E-state index in [4.69, 9.17) is 0 Å². The van der Waals surface area contributed by atoms with Crippen molar-refractivity contribution in [3.8, 4) is 5.75 Å². The molecule has 1 aliphatic heterocycles. The van der Waals surface area contributed by atoms with Gasteiger partial charge in [0.2, 0.25) is 0 Å². The molecule has 3 rings (SSSR count). The first-order valence-electron chi connectivity index (χ1n) is 8.02. The SMILES string of the molecule is C.O=C(NCC1CCN(Cc2cccs2)CC1)c1ccc(O)cc1. The van der Waals surface area contributed by atoms with Crippen LogP contribution in [0.4, 0.5) is 0 Å². The second kappa shape index (κ2) is 8.85. The first-order chi connectivity index (χ1) is 11.2. The summed E-state index contributed by atoms with van der Waals surface area (Å²) < 4.78 is 0. The summed E-state index contributed by atoms with van der Waals surface area (Å²) in [5.74, 6) is 0.668. The van der Waals surface area contributed by atoms with Crippen LogP contribution in [0.3, 0.4) is 0 Å².